The number of allylic oxidation sites excluding steroid dienone is 1. The molecule has 0 fully saturated rings. The Labute approximate surface area is 182 Å². The minimum atomic E-state index is -3.32. The summed E-state index contributed by atoms with van der Waals surface area (Å²) in [5.74, 6) is -0.583. The predicted molar refractivity (Wildman–Crippen MR) is 123 cm³/mol. The lowest BCUT2D eigenvalue weighted by atomic mass is 9.89. The first-order chi connectivity index (χ1) is 14.4. The molecule has 31 heavy (non-hydrogen) atoms. The first kappa shape index (κ1) is 22.4. The predicted octanol–water partition coefficient (Wildman–Crippen LogP) is 3.35. The Morgan fingerprint density at radius 3 is 2.26 bits per heavy atom. The van der Waals surface area contributed by atoms with E-state index in [1.807, 2.05) is 45.1 Å². The van der Waals surface area contributed by atoms with Crippen LogP contribution in [0.4, 0.5) is 5.69 Å². The van der Waals surface area contributed by atoms with Gasteiger partial charge in [0.1, 0.15) is 0 Å². The molecule has 7 nitrogen and oxygen atoms in total. The van der Waals surface area contributed by atoms with Crippen LogP contribution in [-0.4, -0.2) is 31.3 Å². The third-order valence-electron chi connectivity index (χ3n) is 4.57. The second-order valence-electron chi connectivity index (χ2n) is 8.48. The van der Waals surface area contributed by atoms with Crippen molar-refractivity contribution >= 4 is 45.1 Å². The van der Waals surface area contributed by atoms with Crippen LogP contribution in [0.3, 0.4) is 0 Å². The van der Waals surface area contributed by atoms with Gasteiger partial charge in [0.2, 0.25) is 15.9 Å². The molecular weight excluding hydrogens is 414 g/mol. The molecule has 2 aromatic rings. The van der Waals surface area contributed by atoms with Gasteiger partial charge in [0.25, 0.3) is 0 Å². The second kappa shape index (κ2) is 8.47. The summed E-state index contributed by atoms with van der Waals surface area (Å²) in [5, 5.41) is 2.59. The summed E-state index contributed by atoms with van der Waals surface area (Å²) in [6, 6.07) is 10.8. The molecule has 0 aliphatic carbocycles. The third kappa shape index (κ3) is 6.11. The number of anilines is 1. The number of nitrogens with one attached hydrogen (secondary N) is 2. The molecule has 1 aliphatic rings. The van der Waals surface area contributed by atoms with E-state index in [9.17, 15) is 18.0 Å². The Morgan fingerprint density at radius 1 is 1.03 bits per heavy atom. The number of aromatic nitrogens is 1. The topological polar surface area (TPSA) is 105 Å². The van der Waals surface area contributed by atoms with Crippen molar-refractivity contribution in [2.75, 3.05) is 11.0 Å². The molecule has 2 heterocycles. The van der Waals surface area contributed by atoms with E-state index in [-0.39, 0.29) is 23.5 Å². The molecule has 1 aliphatic heterocycles. The van der Waals surface area contributed by atoms with Crippen LogP contribution in [0.5, 0.6) is 0 Å². The molecule has 1 aromatic heterocycles. The van der Waals surface area contributed by atoms with Gasteiger partial charge in [-0.15, -0.1) is 0 Å². The minimum Gasteiger partial charge on any atom is -0.331 e. The standard InChI is InChI=1S/C23H25N3O4S/c1-23(2,3)21-12-16(11-19(25-21)18-14-24-22(28)13-20(18)27)6-5-15-7-9-17(10-8-15)26-31(4,29)30/h5-12,14,26H,13H2,1-4H3,(H,24,28)/b6-5+. The zero-order valence-electron chi connectivity index (χ0n) is 17.9. The molecule has 0 saturated carbocycles. The van der Waals surface area contributed by atoms with Crippen LogP contribution in [0.25, 0.3) is 17.7 Å². The maximum Gasteiger partial charge on any atom is 0.231 e. The van der Waals surface area contributed by atoms with Crippen LogP contribution in [0.2, 0.25) is 0 Å². The first-order valence-corrected chi connectivity index (χ1v) is 11.6. The lowest BCUT2D eigenvalue weighted by Gasteiger charge is -2.20. The fraction of sp³-hybridized carbons (Fsp3) is 0.261. The van der Waals surface area contributed by atoms with Crippen molar-refractivity contribution in [2.45, 2.75) is 32.6 Å². The molecule has 1 aromatic carbocycles. The van der Waals surface area contributed by atoms with Crippen LogP contribution in [0.1, 0.15) is 49.7 Å². The van der Waals surface area contributed by atoms with Crippen molar-refractivity contribution in [1.29, 1.82) is 0 Å². The summed E-state index contributed by atoms with van der Waals surface area (Å²) in [6.07, 6.45) is 6.14. The number of ketones is 1. The Hall–Kier alpha value is -3.26. The number of sulfonamides is 1. The number of carbonyl (C=O) groups is 2. The SMILES string of the molecule is CC(C)(C)c1cc(/C=C/c2ccc(NS(C)(=O)=O)cc2)cc(C2=CNC(=O)CC2=O)n1. The number of benzene rings is 1. The monoisotopic (exact) mass is 439 g/mol. The smallest absolute Gasteiger partial charge is 0.231 e. The Kier molecular flexibility index (Phi) is 6.13. The molecular formula is C23H25N3O4S. The summed E-state index contributed by atoms with van der Waals surface area (Å²) in [7, 11) is -3.32. The van der Waals surface area contributed by atoms with Gasteiger partial charge in [0, 0.05) is 23.0 Å². The van der Waals surface area contributed by atoms with Gasteiger partial charge in [0.05, 0.1) is 23.9 Å². The van der Waals surface area contributed by atoms with Crippen LogP contribution in [0.15, 0.2) is 42.6 Å². The van der Waals surface area contributed by atoms with Crippen molar-refractivity contribution < 1.29 is 18.0 Å². The zero-order valence-corrected chi connectivity index (χ0v) is 18.7. The van der Waals surface area contributed by atoms with E-state index < -0.39 is 10.0 Å². The van der Waals surface area contributed by atoms with Crippen LogP contribution < -0.4 is 10.0 Å². The van der Waals surface area contributed by atoms with Gasteiger partial charge >= 0.3 is 0 Å². The highest BCUT2D eigenvalue weighted by Crippen LogP contribution is 2.26. The number of hydrogen-bond donors (Lipinski definition) is 2. The molecule has 0 spiro atoms. The summed E-state index contributed by atoms with van der Waals surface area (Å²) in [4.78, 5) is 28.5. The van der Waals surface area contributed by atoms with E-state index in [2.05, 4.69) is 15.0 Å². The van der Waals surface area contributed by atoms with E-state index in [4.69, 9.17) is 0 Å². The van der Waals surface area contributed by atoms with E-state index in [1.165, 1.54) is 6.20 Å². The maximum absolute atomic E-state index is 12.4. The number of Topliss-reactive ketones (excluding diaryl/α,β-unsaturated/α-hetero) is 1. The number of amides is 1. The minimum absolute atomic E-state index is 0.188. The molecule has 3 rings (SSSR count). The van der Waals surface area contributed by atoms with Crippen molar-refractivity contribution in [2.24, 2.45) is 0 Å². The second-order valence-corrected chi connectivity index (χ2v) is 10.2. The summed E-state index contributed by atoms with van der Waals surface area (Å²) in [6.45, 7) is 6.12. The molecule has 0 radical (unpaired) electrons. The average Bonchev–Trinajstić information content (AvgIpc) is 2.65. The van der Waals surface area contributed by atoms with E-state index in [1.54, 1.807) is 24.3 Å². The Bertz CT molecular complexity index is 1190. The Balaban J connectivity index is 1.93. The highest BCUT2D eigenvalue weighted by Gasteiger charge is 2.24. The van der Waals surface area contributed by atoms with Crippen molar-refractivity contribution in [3.63, 3.8) is 0 Å². The van der Waals surface area contributed by atoms with Crippen molar-refractivity contribution in [1.82, 2.24) is 10.3 Å². The lowest BCUT2D eigenvalue weighted by molar-refractivity contribution is -0.125. The van der Waals surface area contributed by atoms with Gasteiger partial charge < -0.3 is 5.32 Å². The maximum atomic E-state index is 12.4. The van der Waals surface area contributed by atoms with E-state index in [0.717, 1.165) is 23.1 Å². The molecule has 2 N–H and O–H groups in total. The van der Waals surface area contributed by atoms with Gasteiger partial charge in [-0.25, -0.2) is 8.42 Å². The number of pyridine rings is 1. The number of rotatable bonds is 5. The zero-order chi connectivity index (χ0) is 22.8. The fourth-order valence-corrected chi connectivity index (χ4v) is 3.55. The normalized spacial score (nSPS) is 15.0. The van der Waals surface area contributed by atoms with Crippen molar-refractivity contribution in [3.05, 3.63) is 65.1 Å². The fourth-order valence-electron chi connectivity index (χ4n) is 2.98. The molecule has 0 unspecified atom stereocenters. The summed E-state index contributed by atoms with van der Waals surface area (Å²) >= 11 is 0. The first-order valence-electron chi connectivity index (χ1n) is 9.72. The van der Waals surface area contributed by atoms with Crippen LogP contribution in [-0.2, 0) is 25.0 Å². The molecule has 1 amide bonds. The van der Waals surface area contributed by atoms with Gasteiger partial charge in [-0.2, -0.15) is 0 Å². The molecule has 162 valence electrons. The van der Waals surface area contributed by atoms with Crippen LogP contribution >= 0.6 is 0 Å². The van der Waals surface area contributed by atoms with Crippen LogP contribution in [0, 0.1) is 0 Å². The molecule has 0 bridgehead atoms. The van der Waals surface area contributed by atoms with Gasteiger partial charge in [-0.05, 0) is 35.4 Å². The highest BCUT2D eigenvalue weighted by atomic mass is 32.2. The van der Waals surface area contributed by atoms with E-state index in [0.29, 0.717) is 17.0 Å². The average molecular weight is 440 g/mol. The third-order valence-corrected chi connectivity index (χ3v) is 5.18. The highest BCUT2D eigenvalue weighted by molar-refractivity contribution is 7.92. The Morgan fingerprint density at radius 2 is 1.68 bits per heavy atom. The molecule has 0 atom stereocenters. The van der Waals surface area contributed by atoms with Gasteiger partial charge in [0.15, 0.2) is 5.78 Å². The van der Waals surface area contributed by atoms with Gasteiger partial charge in [-0.3, -0.25) is 19.3 Å². The number of carbonyl (C=O) groups excluding carboxylic acids is 2. The van der Waals surface area contributed by atoms with Crippen molar-refractivity contribution in [3.8, 4) is 0 Å². The van der Waals surface area contributed by atoms with Gasteiger partial charge in [-0.1, -0.05) is 45.1 Å². The molecule has 8 heteroatoms. The van der Waals surface area contributed by atoms with E-state index >= 15 is 0 Å². The molecule has 0 saturated heterocycles. The lowest BCUT2D eigenvalue weighted by Crippen LogP contribution is -2.28. The summed E-state index contributed by atoms with van der Waals surface area (Å²) in [5.41, 5.74) is 3.72. The quantitative estimate of drug-likeness (QED) is 0.695. The summed E-state index contributed by atoms with van der Waals surface area (Å²) < 4.78 is 25.1. The number of nitrogens with zero attached hydrogens (tertiary/aromatic N) is 1. The number of hydrogen-bond acceptors (Lipinski definition) is 5. The largest absolute Gasteiger partial charge is 0.331 e.